The molecule has 1 aliphatic rings. The summed E-state index contributed by atoms with van der Waals surface area (Å²) in [6.45, 7) is 2.70. The Bertz CT molecular complexity index is 213. The Labute approximate surface area is 108 Å². The molecule has 1 heterocycles. The molecule has 0 aliphatic carbocycles. The summed E-state index contributed by atoms with van der Waals surface area (Å²) >= 11 is 6.80. The van der Waals surface area contributed by atoms with E-state index in [9.17, 15) is 4.79 Å². The lowest BCUT2D eigenvalue weighted by molar-refractivity contribution is -0.136. The van der Waals surface area contributed by atoms with Gasteiger partial charge in [0.1, 0.15) is 6.10 Å². The molecule has 0 aromatic heterocycles. The van der Waals surface area contributed by atoms with Crippen LogP contribution in [0.3, 0.4) is 0 Å². The van der Waals surface area contributed by atoms with Gasteiger partial charge < -0.3 is 10.1 Å². The van der Waals surface area contributed by atoms with Gasteiger partial charge in [0.15, 0.2) is 0 Å². The minimum Gasteiger partial charge on any atom is -0.368 e. The van der Waals surface area contributed by atoms with Gasteiger partial charge in [0.25, 0.3) is 0 Å². The summed E-state index contributed by atoms with van der Waals surface area (Å²) < 4.78 is 5.43. The summed E-state index contributed by atoms with van der Waals surface area (Å²) in [4.78, 5) is 11.9. The van der Waals surface area contributed by atoms with Gasteiger partial charge in [-0.05, 0) is 26.2 Å². The van der Waals surface area contributed by atoms with E-state index in [2.05, 4.69) is 37.2 Å². The summed E-state index contributed by atoms with van der Waals surface area (Å²) in [6, 6.07) is 0. The van der Waals surface area contributed by atoms with Crippen LogP contribution in [0, 0.1) is 0 Å². The van der Waals surface area contributed by atoms with Crippen molar-refractivity contribution in [1.82, 2.24) is 5.32 Å². The maximum atomic E-state index is 11.9. The fourth-order valence-corrected chi connectivity index (χ4v) is 2.64. The zero-order chi connectivity index (χ0) is 11.3. The Morgan fingerprint density at radius 3 is 2.60 bits per heavy atom. The van der Waals surface area contributed by atoms with Crippen LogP contribution in [0.25, 0.3) is 0 Å². The van der Waals surface area contributed by atoms with Crippen LogP contribution in [-0.4, -0.2) is 34.8 Å². The molecule has 0 saturated carbocycles. The van der Waals surface area contributed by atoms with Crippen molar-refractivity contribution in [1.29, 1.82) is 0 Å². The second kappa shape index (κ2) is 6.21. The molecule has 1 rings (SSSR count). The van der Waals surface area contributed by atoms with E-state index in [4.69, 9.17) is 4.74 Å². The zero-order valence-corrected chi connectivity index (χ0v) is 12.1. The van der Waals surface area contributed by atoms with Gasteiger partial charge in [0.2, 0.25) is 5.91 Å². The maximum Gasteiger partial charge on any atom is 0.249 e. The van der Waals surface area contributed by atoms with E-state index in [0.717, 1.165) is 29.9 Å². The molecule has 1 saturated heterocycles. The molecule has 0 aromatic carbocycles. The molecule has 1 unspecified atom stereocenters. The highest BCUT2D eigenvalue weighted by atomic mass is 79.9. The number of hydrogen-bond donors (Lipinski definition) is 1. The third kappa shape index (κ3) is 4.04. The number of nitrogens with one attached hydrogen (secondary N) is 1. The van der Waals surface area contributed by atoms with E-state index in [1.165, 1.54) is 0 Å². The second-order valence-corrected chi connectivity index (χ2v) is 5.29. The molecule has 0 aromatic rings. The molecule has 1 amide bonds. The Kier molecular flexibility index (Phi) is 5.57. The summed E-state index contributed by atoms with van der Waals surface area (Å²) in [5.41, 5.74) is -0.238. The van der Waals surface area contributed by atoms with Crippen LogP contribution >= 0.6 is 31.9 Å². The van der Waals surface area contributed by atoms with E-state index in [1.807, 2.05) is 6.92 Å². The normalized spacial score (nSPS) is 22.5. The van der Waals surface area contributed by atoms with Gasteiger partial charge in [-0.2, -0.15) is 0 Å². The molecule has 0 radical (unpaired) electrons. The lowest BCUT2D eigenvalue weighted by atomic mass is 10.1. The summed E-state index contributed by atoms with van der Waals surface area (Å²) in [6.07, 6.45) is 2.73. The third-order valence-corrected chi connectivity index (χ3v) is 4.96. The summed E-state index contributed by atoms with van der Waals surface area (Å²) in [7, 11) is 0. The summed E-state index contributed by atoms with van der Waals surface area (Å²) in [5, 5.41) is 4.46. The van der Waals surface area contributed by atoms with Crippen molar-refractivity contribution in [3.05, 3.63) is 0 Å². The molecule has 88 valence electrons. The molecule has 1 aliphatic heterocycles. The van der Waals surface area contributed by atoms with Crippen molar-refractivity contribution in [3.63, 3.8) is 0 Å². The van der Waals surface area contributed by atoms with Crippen LogP contribution in [0.15, 0.2) is 0 Å². The number of amides is 1. The first-order valence-corrected chi connectivity index (χ1v) is 7.41. The predicted octanol–water partition coefficient (Wildman–Crippen LogP) is 2.22. The average Bonchev–Trinajstić information content (AvgIpc) is 2.30. The van der Waals surface area contributed by atoms with Gasteiger partial charge in [-0.1, -0.05) is 31.9 Å². The van der Waals surface area contributed by atoms with Crippen molar-refractivity contribution < 1.29 is 9.53 Å². The van der Waals surface area contributed by atoms with Crippen molar-refractivity contribution in [2.75, 3.05) is 17.3 Å². The van der Waals surface area contributed by atoms with Gasteiger partial charge >= 0.3 is 0 Å². The highest BCUT2D eigenvalue weighted by Crippen LogP contribution is 2.16. The quantitative estimate of drug-likeness (QED) is 0.795. The van der Waals surface area contributed by atoms with Crippen LogP contribution in [0.4, 0.5) is 0 Å². The number of carbonyl (C=O) groups is 1. The smallest absolute Gasteiger partial charge is 0.249 e. The van der Waals surface area contributed by atoms with Crippen LogP contribution in [0.2, 0.25) is 0 Å². The van der Waals surface area contributed by atoms with Crippen LogP contribution in [-0.2, 0) is 9.53 Å². The molecular formula is C10H17Br2NO2. The average molecular weight is 343 g/mol. The molecule has 0 spiro atoms. The SMILES string of the molecule is CC(CBr)(CBr)NC(=O)C1CCCCO1. The lowest BCUT2D eigenvalue weighted by Gasteiger charge is -2.30. The van der Waals surface area contributed by atoms with E-state index in [-0.39, 0.29) is 17.6 Å². The number of halogens is 2. The molecule has 1 atom stereocenters. The Balaban J connectivity index is 2.46. The van der Waals surface area contributed by atoms with Crippen molar-refractivity contribution >= 4 is 37.8 Å². The predicted molar refractivity (Wildman–Crippen MR) is 67.7 cm³/mol. The first-order valence-electron chi connectivity index (χ1n) is 5.17. The standard InChI is InChI=1S/C10H17Br2NO2/c1-10(6-11,7-12)13-9(14)8-4-2-3-5-15-8/h8H,2-7H2,1H3,(H,13,14). The Morgan fingerprint density at radius 1 is 1.47 bits per heavy atom. The lowest BCUT2D eigenvalue weighted by Crippen LogP contribution is -2.53. The van der Waals surface area contributed by atoms with Crippen LogP contribution in [0.5, 0.6) is 0 Å². The van der Waals surface area contributed by atoms with Gasteiger partial charge in [-0.15, -0.1) is 0 Å². The van der Waals surface area contributed by atoms with Crippen molar-refractivity contribution in [2.24, 2.45) is 0 Å². The number of alkyl halides is 2. The van der Waals surface area contributed by atoms with Crippen molar-refractivity contribution in [3.8, 4) is 0 Å². The first-order chi connectivity index (χ1) is 7.11. The monoisotopic (exact) mass is 341 g/mol. The first kappa shape index (κ1) is 13.5. The minimum atomic E-state index is -0.254. The number of hydrogen-bond acceptors (Lipinski definition) is 2. The van der Waals surface area contributed by atoms with E-state index in [0.29, 0.717) is 6.61 Å². The molecular weight excluding hydrogens is 326 g/mol. The number of rotatable bonds is 4. The zero-order valence-electron chi connectivity index (χ0n) is 8.89. The van der Waals surface area contributed by atoms with Gasteiger partial charge in [0, 0.05) is 17.3 Å². The topological polar surface area (TPSA) is 38.3 Å². The van der Waals surface area contributed by atoms with E-state index >= 15 is 0 Å². The van der Waals surface area contributed by atoms with Crippen LogP contribution in [0.1, 0.15) is 26.2 Å². The Hall–Kier alpha value is 0.390. The molecule has 1 fully saturated rings. The van der Waals surface area contributed by atoms with Crippen molar-refractivity contribution in [2.45, 2.75) is 37.8 Å². The fourth-order valence-electron chi connectivity index (χ4n) is 1.43. The summed E-state index contributed by atoms with van der Waals surface area (Å²) in [5.74, 6) is 0.0103. The highest BCUT2D eigenvalue weighted by Gasteiger charge is 2.29. The fraction of sp³-hybridized carbons (Fsp3) is 0.900. The Morgan fingerprint density at radius 2 is 2.13 bits per heavy atom. The number of ether oxygens (including phenoxy) is 1. The van der Waals surface area contributed by atoms with Gasteiger partial charge in [-0.25, -0.2) is 0 Å². The minimum absolute atomic E-state index is 0.0103. The van der Waals surface area contributed by atoms with E-state index in [1.54, 1.807) is 0 Å². The second-order valence-electron chi connectivity index (χ2n) is 4.17. The molecule has 15 heavy (non-hydrogen) atoms. The third-order valence-electron chi connectivity index (χ3n) is 2.49. The number of carbonyl (C=O) groups excluding carboxylic acids is 1. The largest absolute Gasteiger partial charge is 0.368 e. The maximum absolute atomic E-state index is 11.9. The van der Waals surface area contributed by atoms with E-state index < -0.39 is 0 Å². The molecule has 0 bridgehead atoms. The van der Waals surface area contributed by atoms with Crippen LogP contribution < -0.4 is 5.32 Å². The molecule has 5 heteroatoms. The highest BCUT2D eigenvalue weighted by molar-refractivity contribution is 9.09. The van der Waals surface area contributed by atoms with Gasteiger partial charge in [-0.3, -0.25) is 4.79 Å². The molecule has 1 N–H and O–H groups in total. The molecule has 3 nitrogen and oxygen atoms in total. The van der Waals surface area contributed by atoms with Gasteiger partial charge in [0.05, 0.1) is 5.54 Å².